The zero-order valence-corrected chi connectivity index (χ0v) is 13.3. The highest BCUT2D eigenvalue weighted by atomic mass is 35.5. The van der Waals surface area contributed by atoms with Crippen LogP contribution in [0.15, 0.2) is 40.2 Å². The van der Waals surface area contributed by atoms with Crippen LogP contribution < -0.4 is 5.56 Å². The molecule has 0 aliphatic rings. The molecule has 21 heavy (non-hydrogen) atoms. The molecule has 2 aromatic rings. The van der Waals surface area contributed by atoms with Crippen LogP contribution in [-0.4, -0.2) is 16.5 Å². The lowest BCUT2D eigenvalue weighted by Crippen LogP contribution is -2.19. The summed E-state index contributed by atoms with van der Waals surface area (Å²) in [4.78, 5) is 12.4. The molecule has 2 rings (SSSR count). The van der Waals surface area contributed by atoms with Crippen LogP contribution >= 0.6 is 23.4 Å². The Morgan fingerprint density at radius 1 is 1.29 bits per heavy atom. The van der Waals surface area contributed by atoms with E-state index in [2.05, 4.69) is 5.10 Å². The topological polar surface area (TPSA) is 34.9 Å². The van der Waals surface area contributed by atoms with Crippen molar-refractivity contribution in [2.45, 2.75) is 23.5 Å². The Hall–Kier alpha value is -1.33. The fraction of sp³-hybridized carbons (Fsp3) is 0.333. The lowest BCUT2D eigenvalue weighted by Gasteiger charge is -2.06. The summed E-state index contributed by atoms with van der Waals surface area (Å²) in [5.41, 5.74) is 1.97. The van der Waals surface area contributed by atoms with E-state index in [9.17, 15) is 9.18 Å². The molecular weight excluding hydrogens is 311 g/mol. The largest absolute Gasteiger partial charge is 0.286 e. The van der Waals surface area contributed by atoms with Crippen LogP contribution in [0, 0.1) is 0 Å². The van der Waals surface area contributed by atoms with Crippen molar-refractivity contribution in [2.24, 2.45) is 7.05 Å². The van der Waals surface area contributed by atoms with Crippen molar-refractivity contribution in [3.05, 3.63) is 57.0 Å². The van der Waals surface area contributed by atoms with Crippen molar-refractivity contribution < 1.29 is 4.39 Å². The van der Waals surface area contributed by atoms with Gasteiger partial charge in [0.05, 0.1) is 17.8 Å². The van der Waals surface area contributed by atoms with Crippen LogP contribution in [-0.2, 0) is 19.2 Å². The predicted octanol–water partition coefficient (Wildman–Crippen LogP) is 3.63. The van der Waals surface area contributed by atoms with Crippen molar-refractivity contribution in [1.82, 2.24) is 9.78 Å². The lowest BCUT2D eigenvalue weighted by atomic mass is 10.1. The maximum atomic E-state index is 12.1. The van der Waals surface area contributed by atoms with Crippen LogP contribution in [0.1, 0.15) is 17.5 Å². The Balaban J connectivity index is 2.00. The molecule has 6 heteroatoms. The summed E-state index contributed by atoms with van der Waals surface area (Å²) in [5, 5.41) is 4.17. The van der Waals surface area contributed by atoms with Gasteiger partial charge in [0, 0.05) is 12.8 Å². The van der Waals surface area contributed by atoms with E-state index < -0.39 is 0 Å². The van der Waals surface area contributed by atoms with Crippen molar-refractivity contribution in [3.8, 4) is 0 Å². The zero-order chi connectivity index (χ0) is 15.2. The summed E-state index contributed by atoms with van der Waals surface area (Å²) in [6.45, 7) is -0.286. The predicted molar refractivity (Wildman–Crippen MR) is 84.8 cm³/mol. The third-order valence-corrected chi connectivity index (χ3v) is 4.64. The van der Waals surface area contributed by atoms with E-state index in [1.807, 2.05) is 24.3 Å². The van der Waals surface area contributed by atoms with Crippen LogP contribution in [0.4, 0.5) is 4.39 Å². The van der Waals surface area contributed by atoms with Gasteiger partial charge in [-0.15, -0.1) is 11.8 Å². The average molecular weight is 327 g/mol. The summed E-state index contributed by atoms with van der Waals surface area (Å²) in [7, 11) is 1.57. The highest BCUT2D eigenvalue weighted by Crippen LogP contribution is 2.26. The van der Waals surface area contributed by atoms with E-state index in [0.717, 1.165) is 17.5 Å². The van der Waals surface area contributed by atoms with Gasteiger partial charge in [-0.05, 0) is 24.0 Å². The molecule has 0 amide bonds. The van der Waals surface area contributed by atoms with Crippen molar-refractivity contribution in [1.29, 1.82) is 0 Å². The first-order valence-corrected chi connectivity index (χ1v) is 7.96. The number of aromatic nitrogens is 2. The molecule has 0 saturated carbocycles. The van der Waals surface area contributed by atoms with Gasteiger partial charge in [0.2, 0.25) is 0 Å². The van der Waals surface area contributed by atoms with Crippen LogP contribution in [0.25, 0.3) is 0 Å². The molecule has 0 atom stereocenters. The molecule has 1 aromatic carbocycles. The van der Waals surface area contributed by atoms with E-state index in [0.29, 0.717) is 17.1 Å². The number of nitrogens with zero attached hydrogens (tertiary/aromatic N) is 2. The molecule has 0 saturated heterocycles. The SMILES string of the molecule is Cn1ncc(SCc2ccc(CCCF)cc2)c(Cl)c1=O. The fourth-order valence-corrected chi connectivity index (χ4v) is 3.02. The van der Waals surface area contributed by atoms with Gasteiger partial charge in [-0.2, -0.15) is 5.10 Å². The first-order chi connectivity index (χ1) is 10.1. The molecule has 0 aliphatic heterocycles. The minimum atomic E-state index is -0.289. The van der Waals surface area contributed by atoms with Gasteiger partial charge in [-0.1, -0.05) is 35.9 Å². The van der Waals surface area contributed by atoms with Crippen LogP contribution in [0.2, 0.25) is 5.02 Å². The Morgan fingerprint density at radius 3 is 2.62 bits per heavy atom. The molecule has 1 heterocycles. The number of hydrogen-bond donors (Lipinski definition) is 0. The Bertz CT molecular complexity index is 658. The average Bonchev–Trinajstić information content (AvgIpc) is 2.51. The molecule has 1 aromatic heterocycles. The number of alkyl halides is 1. The third-order valence-electron chi connectivity index (χ3n) is 3.06. The lowest BCUT2D eigenvalue weighted by molar-refractivity contribution is 0.473. The zero-order valence-electron chi connectivity index (χ0n) is 11.7. The first-order valence-electron chi connectivity index (χ1n) is 6.60. The van der Waals surface area contributed by atoms with Gasteiger partial charge >= 0.3 is 0 Å². The van der Waals surface area contributed by atoms with E-state index in [4.69, 9.17) is 11.6 Å². The number of rotatable bonds is 6. The Morgan fingerprint density at radius 2 is 1.95 bits per heavy atom. The highest BCUT2D eigenvalue weighted by Gasteiger charge is 2.08. The second-order valence-corrected chi connectivity index (χ2v) is 6.04. The van der Waals surface area contributed by atoms with E-state index >= 15 is 0 Å². The van der Waals surface area contributed by atoms with E-state index in [1.165, 1.54) is 16.4 Å². The van der Waals surface area contributed by atoms with Gasteiger partial charge in [0.25, 0.3) is 5.56 Å². The summed E-state index contributed by atoms with van der Waals surface area (Å²) >= 11 is 7.50. The van der Waals surface area contributed by atoms with Gasteiger partial charge in [-0.3, -0.25) is 9.18 Å². The van der Waals surface area contributed by atoms with Gasteiger partial charge < -0.3 is 0 Å². The molecule has 3 nitrogen and oxygen atoms in total. The second kappa shape index (κ2) is 7.61. The molecule has 0 bridgehead atoms. The smallest absolute Gasteiger partial charge is 0.266 e. The molecular formula is C15H16ClFN2OS. The number of halogens is 2. The molecule has 0 radical (unpaired) electrons. The molecule has 112 valence electrons. The Kier molecular flexibility index (Phi) is 5.82. The van der Waals surface area contributed by atoms with Crippen LogP contribution in [0.3, 0.4) is 0 Å². The normalized spacial score (nSPS) is 10.8. The van der Waals surface area contributed by atoms with E-state index in [1.54, 1.807) is 13.2 Å². The monoisotopic (exact) mass is 326 g/mol. The van der Waals surface area contributed by atoms with E-state index in [-0.39, 0.29) is 17.3 Å². The summed E-state index contributed by atoms with van der Waals surface area (Å²) in [5.74, 6) is 0.706. The Labute approximate surface area is 132 Å². The highest BCUT2D eigenvalue weighted by molar-refractivity contribution is 7.98. The maximum Gasteiger partial charge on any atom is 0.286 e. The minimum absolute atomic E-state index is 0.206. The summed E-state index contributed by atoms with van der Waals surface area (Å²) in [6.07, 6.45) is 2.92. The summed E-state index contributed by atoms with van der Waals surface area (Å²) in [6, 6.07) is 8.05. The molecule has 0 unspecified atom stereocenters. The number of hydrogen-bond acceptors (Lipinski definition) is 3. The van der Waals surface area contributed by atoms with Gasteiger partial charge in [-0.25, -0.2) is 4.68 Å². The minimum Gasteiger partial charge on any atom is -0.266 e. The second-order valence-electron chi connectivity index (χ2n) is 4.65. The van der Waals surface area contributed by atoms with Crippen molar-refractivity contribution in [3.63, 3.8) is 0 Å². The third kappa shape index (κ3) is 4.32. The number of thioether (sulfide) groups is 1. The van der Waals surface area contributed by atoms with Gasteiger partial charge in [0.15, 0.2) is 0 Å². The number of benzene rings is 1. The van der Waals surface area contributed by atoms with Gasteiger partial charge in [0.1, 0.15) is 5.02 Å². The fourth-order valence-electron chi connectivity index (χ4n) is 1.83. The van der Waals surface area contributed by atoms with Crippen molar-refractivity contribution >= 4 is 23.4 Å². The quantitative estimate of drug-likeness (QED) is 0.760. The maximum absolute atomic E-state index is 12.1. The summed E-state index contributed by atoms with van der Waals surface area (Å²) < 4.78 is 13.3. The molecule has 0 N–H and O–H groups in total. The first kappa shape index (κ1) is 16.0. The van der Waals surface area contributed by atoms with Crippen molar-refractivity contribution in [2.75, 3.05) is 6.67 Å². The standard InChI is InChI=1S/C15H16ClFN2OS/c1-19-15(20)14(16)13(9-18-19)21-10-12-6-4-11(5-7-12)3-2-8-17/h4-7,9H,2-3,8,10H2,1H3. The number of aryl methyl sites for hydroxylation is 2. The molecule has 0 fully saturated rings. The van der Waals surface area contributed by atoms with Crippen LogP contribution in [0.5, 0.6) is 0 Å². The molecule has 0 spiro atoms. The molecule has 0 aliphatic carbocycles.